The van der Waals surface area contributed by atoms with Gasteiger partial charge in [0.2, 0.25) is 57.1 Å². The molecule has 0 radical (unpaired) electrons. The van der Waals surface area contributed by atoms with E-state index in [0.29, 0.717) is 75.6 Å². The minimum atomic E-state index is -4.57. The molecule has 0 aliphatic carbocycles. The Bertz CT molecular complexity index is 5110. The van der Waals surface area contributed by atoms with Crippen molar-refractivity contribution in [1.82, 2.24) is 44.2 Å². The summed E-state index contributed by atoms with van der Waals surface area (Å²) in [5, 5.41) is 9.61. The van der Waals surface area contributed by atoms with Gasteiger partial charge in [-0.1, -0.05) is 129 Å². The molecule has 4 aliphatic rings. The van der Waals surface area contributed by atoms with E-state index in [4.69, 9.17) is 16.4 Å². The summed E-state index contributed by atoms with van der Waals surface area (Å²) in [6.07, 6.45) is -8.82. The molecule has 0 bridgehead atoms. The van der Waals surface area contributed by atoms with Crippen LogP contribution in [0.3, 0.4) is 0 Å². The van der Waals surface area contributed by atoms with Crippen molar-refractivity contribution in [1.29, 1.82) is 0 Å². The van der Waals surface area contributed by atoms with Crippen LogP contribution in [0.15, 0.2) is 194 Å². The van der Waals surface area contributed by atoms with Crippen LogP contribution in [0, 0.1) is 41.2 Å². The third kappa shape index (κ3) is 46.1. The van der Waals surface area contributed by atoms with Gasteiger partial charge in [-0.15, -0.1) is 0 Å². The van der Waals surface area contributed by atoms with Gasteiger partial charge in [0.05, 0.1) is 35.6 Å². The van der Waals surface area contributed by atoms with Crippen LogP contribution in [0.5, 0.6) is 0 Å². The Morgan fingerprint density at radius 3 is 0.962 bits per heavy atom. The van der Waals surface area contributed by atoms with Gasteiger partial charge in [0, 0.05) is 191 Å². The Kier molecular flexibility index (Phi) is 53.6. The third-order valence-corrected chi connectivity index (χ3v) is 26.9. The van der Waals surface area contributed by atoms with E-state index in [2.05, 4.69) is 86.2 Å². The van der Waals surface area contributed by atoms with Gasteiger partial charge in [0.15, 0.2) is 0 Å². The first-order chi connectivity index (χ1) is 60.6. The van der Waals surface area contributed by atoms with Crippen LogP contribution in [-0.4, -0.2) is 211 Å². The number of sulfonamides is 4. The number of nitrogens with one attached hydrogen (secondary N) is 6. The Morgan fingerprint density at radius 2 is 0.695 bits per heavy atom. The number of carbonyl (C=O) groups excluding carboxylic acids is 3. The first-order valence-electron chi connectivity index (χ1n) is 42.0. The molecule has 8 N–H and O–H groups in total. The molecular formula is C89H130BrCl2F8N13O13S5. The molecule has 7 aromatic rings. The fourth-order valence-electron chi connectivity index (χ4n) is 11.7. The van der Waals surface area contributed by atoms with Crippen molar-refractivity contribution < 1.29 is 91.6 Å². The van der Waals surface area contributed by atoms with Gasteiger partial charge in [-0.05, 0) is 192 Å². The quantitative estimate of drug-likeness (QED) is 0.0168. The molecule has 4 heterocycles. The maximum absolute atomic E-state index is 13.5. The second kappa shape index (κ2) is 58.7. The van der Waals surface area contributed by atoms with Gasteiger partial charge in [0.25, 0.3) is 9.05 Å². The zero-order valence-corrected chi connectivity index (χ0v) is 82.8. The molecule has 7 aromatic carbocycles. The molecule has 0 spiro atoms. The number of nitrogens with zero attached hydrogens (tertiary/aromatic N) is 6. The minimum absolute atomic E-state index is 0. The summed E-state index contributed by atoms with van der Waals surface area (Å²) >= 11 is 7.64. The lowest BCUT2D eigenvalue weighted by atomic mass is 10.1. The van der Waals surface area contributed by atoms with Crippen LogP contribution in [-0.2, 0) is 87.8 Å². The SMILES string of the molecule is C.C1CNCCN1.CC(=O)Cl.CC(=O)N1CCN(c2ccc(S(=O)(=O)N(Cc3ccccc3C(F)(F)F)CC(C)C)cc2)CC1.CC(=O)N1CCN(c2ccc(S(=O)(=O)NCC(C)C)cc2)CC1.CC(C)CN.CC(C)CNS(=O)(=O)c1ccc(F)cc1.CC(C)CNS(=O)(=O)c1ccc(N2CCNCC2)cc1.FC(F)(F)c1ccccc1CBr.O=S(=O)(Cl)c1ccc(F)cc1. The second-order valence-corrected chi connectivity index (χ2v) is 42.9. The van der Waals surface area contributed by atoms with Crippen molar-refractivity contribution >= 4 is 121 Å². The summed E-state index contributed by atoms with van der Waals surface area (Å²) in [6.45, 7) is 39.5. The number of halogens is 11. The normalized spacial score (nSPS) is 14.4. The number of amides is 2. The lowest BCUT2D eigenvalue weighted by Gasteiger charge is -2.35. The monoisotopic (exact) mass is 2050 g/mol. The van der Waals surface area contributed by atoms with Crippen LogP contribution in [0.1, 0.15) is 120 Å². The van der Waals surface area contributed by atoms with E-state index < -0.39 is 84.3 Å². The number of anilines is 3. The van der Waals surface area contributed by atoms with Gasteiger partial charge in [-0.3, -0.25) is 14.4 Å². The Morgan fingerprint density at radius 1 is 0.420 bits per heavy atom. The lowest BCUT2D eigenvalue weighted by Crippen LogP contribution is -2.48. The fraction of sp³-hybridized carbons (Fsp3) is 0.494. The van der Waals surface area contributed by atoms with E-state index in [1.807, 2.05) is 84.6 Å². The molecule has 0 atom stereocenters. The van der Waals surface area contributed by atoms with Gasteiger partial charge in [-0.2, -0.15) is 30.6 Å². The highest BCUT2D eigenvalue weighted by Gasteiger charge is 2.36. The molecule has 0 aromatic heterocycles. The Labute approximate surface area is 789 Å². The summed E-state index contributed by atoms with van der Waals surface area (Å²) in [7, 11) is -13.1. The average molecular weight is 2050 g/mol. The van der Waals surface area contributed by atoms with Crippen LogP contribution < -0.4 is 50.6 Å². The van der Waals surface area contributed by atoms with E-state index >= 15 is 0 Å². The standard InChI is InChI=1S/C24H30F3N3O3S.C16H25N3O3S.C14H23N3O2S.C10H14FNO2S.C8H6BrF3.C6H4ClFO2S.C4H10N2.C4H11N.C2H3ClO.CH4/c1-18(2)16-30(17-20-6-4-5-7-23(20)24(25,26)27)34(32,33)22-10-8-21(9-11-22)29-14-12-28(13-15-29)19(3)31;1-13(2)12-17-23(21,22)16-6-4-15(5-7-16)19-10-8-18(9-11-19)14(3)20;1-12(2)11-16-20(18,19)14-5-3-13(4-6-14)17-9-7-15-8-10-17;1-8(2)7-12-15(13,14)10-5-3-9(11)4-6-10;9-5-6-3-1-2-4-7(6)8(10,11)12;7-11(9,10)6-3-1-5(8)2-4-6;1-2-6-4-3-5-1;1-4(2)3-5;1-2(3)4;/h4-11,18H,12-17H2,1-3H3;4-7,13,17H,8-12H2,1-3H3;3-6,12,15-16H,7-11H2,1-2H3;3-6,8,12H,7H2,1-2H3;1-4H,5H2;1-4H;5-6H,1-4H2;4H,3,5H2,1-2H3;1H3;1H4. The maximum atomic E-state index is 13.5. The lowest BCUT2D eigenvalue weighted by molar-refractivity contribution is -0.139. The number of carbonyl (C=O) groups is 3. The van der Waals surface area contributed by atoms with Crippen molar-refractivity contribution in [2.75, 3.05) is 152 Å². The van der Waals surface area contributed by atoms with Crippen LogP contribution in [0.25, 0.3) is 0 Å². The van der Waals surface area contributed by atoms with Crippen molar-refractivity contribution in [2.45, 2.75) is 146 Å². The molecule has 42 heteroatoms. The maximum Gasteiger partial charge on any atom is 0.416 e. The van der Waals surface area contributed by atoms with Crippen molar-refractivity contribution in [3.05, 3.63) is 204 Å². The molecule has 4 aliphatic heterocycles. The van der Waals surface area contributed by atoms with Gasteiger partial charge in [-0.25, -0.2) is 65.0 Å². The van der Waals surface area contributed by atoms with Crippen molar-refractivity contribution in [2.24, 2.45) is 35.3 Å². The van der Waals surface area contributed by atoms with Crippen LogP contribution in [0.4, 0.5) is 52.2 Å². The largest absolute Gasteiger partial charge is 0.416 e. The third-order valence-electron chi connectivity index (χ3n) is 18.8. The van der Waals surface area contributed by atoms with E-state index in [0.717, 1.165) is 142 Å². The molecule has 0 unspecified atom stereocenters. The first kappa shape index (κ1) is 120. The molecule has 2 amide bonds. The predicted molar refractivity (Wildman–Crippen MR) is 510 cm³/mol. The number of benzene rings is 7. The number of hydrogen-bond acceptors (Lipinski definition) is 20. The molecular weight excluding hydrogens is 1920 g/mol. The minimum Gasteiger partial charge on any atom is -0.369 e. The summed E-state index contributed by atoms with van der Waals surface area (Å²) in [5.74, 6) is 0.569. The number of nitrogens with two attached hydrogens (primary N) is 1. The van der Waals surface area contributed by atoms with Crippen molar-refractivity contribution in [3.8, 4) is 0 Å². The van der Waals surface area contributed by atoms with Gasteiger partial charge >= 0.3 is 12.4 Å². The molecule has 11 rings (SSSR count). The molecule has 4 fully saturated rings. The van der Waals surface area contributed by atoms with Crippen LogP contribution >= 0.6 is 38.2 Å². The molecule has 131 heavy (non-hydrogen) atoms. The number of piperazine rings is 4. The summed E-state index contributed by atoms with van der Waals surface area (Å²) in [5.41, 5.74) is 6.85. The zero-order valence-electron chi connectivity index (χ0n) is 75.6. The van der Waals surface area contributed by atoms with E-state index in [9.17, 15) is 91.6 Å². The molecule has 0 saturated carbocycles. The smallest absolute Gasteiger partial charge is 0.369 e. The molecule has 26 nitrogen and oxygen atoms in total. The van der Waals surface area contributed by atoms with E-state index in [-0.39, 0.29) is 91.4 Å². The van der Waals surface area contributed by atoms with Crippen molar-refractivity contribution in [3.63, 3.8) is 0 Å². The topological polar surface area (TPSA) is 340 Å². The van der Waals surface area contributed by atoms with Crippen LogP contribution in [0.2, 0.25) is 0 Å². The number of hydrogen-bond donors (Lipinski definition) is 7. The van der Waals surface area contributed by atoms with E-state index in [1.165, 1.54) is 68.4 Å². The molecule has 736 valence electrons. The highest BCUT2D eigenvalue weighted by Crippen LogP contribution is 2.35. The molecule has 4 saturated heterocycles. The Hall–Kier alpha value is -7.52. The zero-order chi connectivity index (χ0) is 98.0. The number of alkyl halides is 7. The first-order valence-corrected chi connectivity index (χ1v) is 51.7. The second-order valence-electron chi connectivity index (χ2n) is 32.0. The highest BCUT2D eigenvalue weighted by molar-refractivity contribution is 9.08. The highest BCUT2D eigenvalue weighted by atomic mass is 79.9. The number of rotatable bonds is 24. The summed E-state index contributed by atoms with van der Waals surface area (Å²) < 4.78 is 230. The summed E-state index contributed by atoms with van der Waals surface area (Å²) in [4.78, 5) is 42.8. The van der Waals surface area contributed by atoms with E-state index in [1.54, 1.807) is 54.3 Å². The fourth-order valence-corrected chi connectivity index (χ4v) is 18.2. The summed E-state index contributed by atoms with van der Waals surface area (Å²) in [6, 6.07) is 40.0. The Balaban J connectivity index is 0.000000531. The predicted octanol–water partition coefficient (Wildman–Crippen LogP) is 14.8. The van der Waals surface area contributed by atoms with Gasteiger partial charge < -0.3 is 46.2 Å². The average Bonchev–Trinajstić information content (AvgIpc) is 0.785. The van der Waals surface area contributed by atoms with Gasteiger partial charge in [0.1, 0.15) is 11.6 Å².